The highest BCUT2D eigenvalue weighted by Crippen LogP contribution is 2.30. The highest BCUT2D eigenvalue weighted by Gasteiger charge is 2.14. The molecule has 17 heavy (non-hydrogen) atoms. The Bertz CT molecular complexity index is 633. The number of hydrogen-bond donors (Lipinski definition) is 1. The summed E-state index contributed by atoms with van der Waals surface area (Å²) in [5, 5.41) is 6.39. The molecule has 3 aromatic heterocycles. The van der Waals surface area contributed by atoms with Crippen molar-refractivity contribution in [3.8, 4) is 23.0 Å². The predicted octanol–water partition coefficient (Wildman–Crippen LogP) is 1.84. The Balaban J connectivity index is 2.02. The van der Waals surface area contributed by atoms with Crippen LogP contribution in [0.15, 0.2) is 34.6 Å². The molecule has 0 saturated carbocycles. The van der Waals surface area contributed by atoms with Gasteiger partial charge in [-0.1, -0.05) is 5.16 Å². The van der Waals surface area contributed by atoms with E-state index >= 15 is 0 Å². The monoisotopic (exact) mass is 245 g/mol. The van der Waals surface area contributed by atoms with Crippen molar-refractivity contribution in [2.75, 3.05) is 5.73 Å². The van der Waals surface area contributed by atoms with Crippen LogP contribution in [-0.2, 0) is 0 Å². The highest BCUT2D eigenvalue weighted by atomic mass is 32.1. The minimum atomic E-state index is 0.400. The molecule has 0 atom stereocenters. The zero-order valence-corrected chi connectivity index (χ0v) is 9.39. The predicted molar refractivity (Wildman–Crippen MR) is 63.0 cm³/mol. The number of nitrogens with zero attached hydrogens (tertiary/aromatic N) is 4. The molecular weight excluding hydrogens is 238 g/mol. The van der Waals surface area contributed by atoms with E-state index in [-0.39, 0.29) is 0 Å². The van der Waals surface area contributed by atoms with E-state index in [1.54, 1.807) is 12.3 Å². The van der Waals surface area contributed by atoms with Gasteiger partial charge in [0, 0.05) is 6.20 Å². The van der Waals surface area contributed by atoms with Crippen molar-refractivity contribution in [1.29, 1.82) is 0 Å². The van der Waals surface area contributed by atoms with Crippen molar-refractivity contribution >= 4 is 16.3 Å². The number of rotatable bonds is 2. The third-order valence-corrected chi connectivity index (χ3v) is 2.91. The van der Waals surface area contributed by atoms with Gasteiger partial charge in [-0.3, -0.25) is 0 Å². The number of hydrogen-bond acceptors (Lipinski definition) is 7. The lowest BCUT2D eigenvalue weighted by Crippen LogP contribution is -1.86. The molecular formula is C10H7N5OS. The Kier molecular flexibility index (Phi) is 2.30. The van der Waals surface area contributed by atoms with Gasteiger partial charge in [0.05, 0.1) is 10.6 Å². The average molecular weight is 245 g/mol. The normalized spacial score (nSPS) is 10.6. The second kappa shape index (κ2) is 3.95. The summed E-state index contributed by atoms with van der Waals surface area (Å²) >= 11 is 1.43. The van der Waals surface area contributed by atoms with E-state index in [0.717, 1.165) is 5.56 Å². The van der Waals surface area contributed by atoms with E-state index in [2.05, 4.69) is 20.1 Å². The van der Waals surface area contributed by atoms with Gasteiger partial charge in [-0.2, -0.15) is 4.98 Å². The molecule has 0 saturated heterocycles. The molecule has 0 aliphatic rings. The minimum Gasteiger partial charge on any atom is -0.390 e. The molecule has 0 bridgehead atoms. The molecule has 84 valence electrons. The highest BCUT2D eigenvalue weighted by molar-refractivity contribution is 7.14. The molecule has 0 spiro atoms. The molecule has 0 amide bonds. The number of aromatic nitrogens is 4. The van der Waals surface area contributed by atoms with E-state index in [4.69, 9.17) is 10.3 Å². The summed E-state index contributed by atoms with van der Waals surface area (Å²) in [6.07, 6.45) is 3.06. The summed E-state index contributed by atoms with van der Waals surface area (Å²) in [6.45, 7) is 0. The Labute approximate surface area is 100 Å². The number of thiophene rings is 1. The maximum Gasteiger partial charge on any atom is 0.261 e. The smallest absolute Gasteiger partial charge is 0.261 e. The van der Waals surface area contributed by atoms with Gasteiger partial charge in [0.2, 0.25) is 5.82 Å². The molecule has 3 heterocycles. The maximum absolute atomic E-state index is 5.79. The molecule has 0 aliphatic carbocycles. The Morgan fingerprint density at radius 2 is 2.24 bits per heavy atom. The van der Waals surface area contributed by atoms with Crippen molar-refractivity contribution < 1.29 is 4.52 Å². The van der Waals surface area contributed by atoms with Gasteiger partial charge >= 0.3 is 0 Å². The molecule has 0 unspecified atom stereocenters. The zero-order chi connectivity index (χ0) is 11.7. The summed E-state index contributed by atoms with van der Waals surface area (Å²) in [6, 6.07) is 3.56. The number of nitrogen functional groups attached to an aromatic ring is 1. The van der Waals surface area contributed by atoms with E-state index in [0.29, 0.717) is 22.4 Å². The summed E-state index contributed by atoms with van der Waals surface area (Å²) < 4.78 is 5.15. The largest absolute Gasteiger partial charge is 0.390 e. The molecule has 0 aliphatic heterocycles. The number of nitrogens with two attached hydrogens (primary N) is 1. The van der Waals surface area contributed by atoms with Gasteiger partial charge in [0.15, 0.2) is 0 Å². The quantitative estimate of drug-likeness (QED) is 0.740. The fourth-order valence-electron chi connectivity index (χ4n) is 1.36. The summed E-state index contributed by atoms with van der Waals surface area (Å²) in [7, 11) is 0. The first-order valence-electron chi connectivity index (χ1n) is 4.78. The van der Waals surface area contributed by atoms with Gasteiger partial charge in [0.1, 0.15) is 12.0 Å². The molecule has 3 aromatic rings. The van der Waals surface area contributed by atoms with Crippen LogP contribution in [0.25, 0.3) is 23.0 Å². The first-order valence-corrected chi connectivity index (χ1v) is 5.66. The van der Waals surface area contributed by atoms with E-state index in [1.807, 2.05) is 11.4 Å². The Hall–Kier alpha value is -2.28. The molecule has 7 heteroatoms. The lowest BCUT2D eigenvalue weighted by Gasteiger charge is -1.90. The van der Waals surface area contributed by atoms with Crippen LogP contribution < -0.4 is 5.73 Å². The van der Waals surface area contributed by atoms with E-state index in [1.165, 1.54) is 17.7 Å². The molecule has 3 rings (SSSR count). The van der Waals surface area contributed by atoms with Crippen molar-refractivity contribution in [2.45, 2.75) is 0 Å². The van der Waals surface area contributed by atoms with Crippen molar-refractivity contribution in [2.24, 2.45) is 0 Å². The Morgan fingerprint density at radius 3 is 2.94 bits per heavy atom. The van der Waals surface area contributed by atoms with Crippen LogP contribution in [0.3, 0.4) is 0 Å². The number of anilines is 1. The molecule has 2 N–H and O–H groups in total. The standard InChI is InChI=1S/C10H7N5OS/c11-8-6(2-4-17-8)10-14-9(15-16-10)7-1-3-12-5-13-7/h1-5H,11H2. The van der Waals surface area contributed by atoms with Crippen LogP contribution in [0.5, 0.6) is 0 Å². The molecule has 6 nitrogen and oxygen atoms in total. The van der Waals surface area contributed by atoms with E-state index < -0.39 is 0 Å². The van der Waals surface area contributed by atoms with Gasteiger partial charge in [-0.25, -0.2) is 9.97 Å². The third kappa shape index (κ3) is 1.76. The minimum absolute atomic E-state index is 0.400. The van der Waals surface area contributed by atoms with Gasteiger partial charge < -0.3 is 10.3 Å². The Morgan fingerprint density at radius 1 is 1.29 bits per heavy atom. The second-order valence-corrected chi connectivity index (χ2v) is 4.16. The second-order valence-electron chi connectivity index (χ2n) is 3.22. The topological polar surface area (TPSA) is 90.7 Å². The summed E-state index contributed by atoms with van der Waals surface area (Å²) in [5.74, 6) is 0.824. The maximum atomic E-state index is 5.79. The van der Waals surface area contributed by atoms with Crippen LogP contribution in [0.1, 0.15) is 0 Å². The summed E-state index contributed by atoms with van der Waals surface area (Å²) in [5.41, 5.74) is 7.15. The van der Waals surface area contributed by atoms with Crippen LogP contribution >= 0.6 is 11.3 Å². The van der Waals surface area contributed by atoms with Crippen molar-refractivity contribution in [3.05, 3.63) is 30.0 Å². The van der Waals surface area contributed by atoms with Gasteiger partial charge in [0.25, 0.3) is 5.89 Å². The van der Waals surface area contributed by atoms with Crippen LogP contribution in [0.4, 0.5) is 5.00 Å². The first-order chi connectivity index (χ1) is 8.34. The lowest BCUT2D eigenvalue weighted by atomic mass is 10.3. The fraction of sp³-hybridized carbons (Fsp3) is 0. The zero-order valence-electron chi connectivity index (χ0n) is 8.57. The summed E-state index contributed by atoms with van der Waals surface area (Å²) in [4.78, 5) is 12.1. The SMILES string of the molecule is Nc1sccc1-c1nc(-c2ccncn2)no1. The molecule has 0 fully saturated rings. The lowest BCUT2D eigenvalue weighted by molar-refractivity contribution is 0.432. The van der Waals surface area contributed by atoms with Crippen molar-refractivity contribution in [1.82, 2.24) is 20.1 Å². The van der Waals surface area contributed by atoms with Crippen LogP contribution in [0, 0.1) is 0 Å². The van der Waals surface area contributed by atoms with Gasteiger partial charge in [-0.05, 0) is 17.5 Å². The van der Waals surface area contributed by atoms with Gasteiger partial charge in [-0.15, -0.1) is 11.3 Å². The average Bonchev–Trinajstić information content (AvgIpc) is 2.98. The molecule has 0 aromatic carbocycles. The van der Waals surface area contributed by atoms with Crippen molar-refractivity contribution in [3.63, 3.8) is 0 Å². The van der Waals surface area contributed by atoms with Crippen LogP contribution in [0.2, 0.25) is 0 Å². The first kappa shape index (κ1) is 9.91. The third-order valence-electron chi connectivity index (χ3n) is 2.16. The fourth-order valence-corrected chi connectivity index (χ4v) is 1.99. The molecule has 0 radical (unpaired) electrons. The van der Waals surface area contributed by atoms with Crippen LogP contribution in [-0.4, -0.2) is 20.1 Å². The van der Waals surface area contributed by atoms with E-state index in [9.17, 15) is 0 Å².